The number of hydrogen-bond acceptors (Lipinski definition) is 3. The first kappa shape index (κ1) is 31.7. The van der Waals surface area contributed by atoms with E-state index in [9.17, 15) is 18.0 Å². The number of hydrogen-bond donors (Lipinski definition) is 2. The molecule has 1 unspecified atom stereocenters. The van der Waals surface area contributed by atoms with Crippen LogP contribution in [-0.4, -0.2) is 28.7 Å². The van der Waals surface area contributed by atoms with Gasteiger partial charge in [0.1, 0.15) is 0 Å². The second-order valence-electron chi connectivity index (χ2n) is 12.4. The highest BCUT2D eigenvalue weighted by Gasteiger charge is 2.47. The molecule has 0 fully saturated rings. The van der Waals surface area contributed by atoms with Crippen LogP contribution in [0.25, 0.3) is 0 Å². The molecule has 8 heteroatoms. The average Bonchev–Trinajstić information content (AvgIpc) is 2.87. The number of carbonyl (C=O) groups is 2. The fourth-order valence-corrected chi connectivity index (χ4v) is 5.63. The van der Waals surface area contributed by atoms with E-state index in [4.69, 9.17) is 9.90 Å². The van der Waals surface area contributed by atoms with Crippen LogP contribution in [0.3, 0.4) is 0 Å². The summed E-state index contributed by atoms with van der Waals surface area (Å²) in [5.74, 6) is -2.67. The zero-order valence-electron chi connectivity index (χ0n) is 24.7. The van der Waals surface area contributed by atoms with Gasteiger partial charge in [0.25, 0.3) is 0 Å². The minimum atomic E-state index is -5.08. The number of anilines is 2. The van der Waals surface area contributed by atoms with Crippen molar-refractivity contribution in [2.75, 3.05) is 10.2 Å². The molecule has 4 rings (SSSR count). The average molecular weight is 569 g/mol. The van der Waals surface area contributed by atoms with Crippen LogP contribution in [0.5, 0.6) is 0 Å². The number of carbonyl (C=O) groups excluding carboxylic acids is 1. The minimum absolute atomic E-state index is 0.0843. The number of amides is 1. The van der Waals surface area contributed by atoms with Gasteiger partial charge in [-0.3, -0.25) is 4.79 Å². The normalized spacial score (nSPS) is 18.0. The van der Waals surface area contributed by atoms with Crippen LogP contribution in [0.4, 0.5) is 24.5 Å². The Morgan fingerprint density at radius 3 is 1.98 bits per heavy atom. The highest BCUT2D eigenvalue weighted by molar-refractivity contribution is 5.95. The number of aliphatic carboxylic acids is 1. The van der Waals surface area contributed by atoms with Crippen molar-refractivity contribution in [2.45, 2.75) is 84.0 Å². The van der Waals surface area contributed by atoms with Gasteiger partial charge in [-0.2, -0.15) is 13.2 Å². The summed E-state index contributed by atoms with van der Waals surface area (Å²) in [7, 11) is 0. The van der Waals surface area contributed by atoms with Gasteiger partial charge in [-0.15, -0.1) is 0 Å². The van der Waals surface area contributed by atoms with Crippen LogP contribution in [0.1, 0.15) is 77.1 Å². The van der Waals surface area contributed by atoms with Gasteiger partial charge in [0.15, 0.2) is 0 Å². The van der Waals surface area contributed by atoms with E-state index in [0.717, 1.165) is 24.3 Å². The van der Waals surface area contributed by atoms with Crippen LogP contribution in [0.15, 0.2) is 72.8 Å². The smallest absolute Gasteiger partial charge is 0.475 e. The predicted octanol–water partition coefficient (Wildman–Crippen LogP) is 8.07. The fraction of sp³-hybridized carbons (Fsp3) is 0.394. The van der Waals surface area contributed by atoms with Gasteiger partial charge in [-0.1, -0.05) is 82.3 Å². The maximum absolute atomic E-state index is 12.7. The van der Waals surface area contributed by atoms with E-state index >= 15 is 0 Å². The van der Waals surface area contributed by atoms with Gasteiger partial charge in [-0.05, 0) is 66.1 Å². The molecule has 3 aromatic rings. The number of rotatable bonds is 4. The first-order valence-electron chi connectivity index (χ1n) is 13.5. The summed E-state index contributed by atoms with van der Waals surface area (Å²) < 4.78 is 31.7. The molecular weight excluding hydrogens is 529 g/mol. The standard InChI is InChI=1S/C31H38N2O.C2HF3O2/c1-22(34)33-28-18-17-26(32-20-23-13-15-24(16-14-23)29(2,3)4)19-27(28)31(7,21-30(33,5)6)25-11-9-8-10-12-25;3-2(4,5)1(6)7/h8-19,32H,20-21H2,1-7H3;(H,6,7). The lowest BCUT2D eigenvalue weighted by atomic mass is 9.65. The first-order chi connectivity index (χ1) is 18.9. The molecule has 0 bridgehead atoms. The van der Waals surface area contributed by atoms with Gasteiger partial charge < -0.3 is 15.3 Å². The van der Waals surface area contributed by atoms with Crippen molar-refractivity contribution in [1.29, 1.82) is 0 Å². The van der Waals surface area contributed by atoms with Crippen molar-refractivity contribution >= 4 is 23.3 Å². The maximum atomic E-state index is 12.7. The van der Waals surface area contributed by atoms with E-state index in [1.54, 1.807) is 6.92 Å². The van der Waals surface area contributed by atoms with Crippen LogP contribution >= 0.6 is 0 Å². The van der Waals surface area contributed by atoms with Crippen molar-refractivity contribution in [3.05, 3.63) is 95.1 Å². The fourth-order valence-electron chi connectivity index (χ4n) is 5.63. The predicted molar refractivity (Wildman–Crippen MR) is 157 cm³/mol. The summed E-state index contributed by atoms with van der Waals surface area (Å²) in [4.78, 5) is 23.6. The molecule has 3 aromatic carbocycles. The van der Waals surface area contributed by atoms with Crippen molar-refractivity contribution in [1.82, 2.24) is 0 Å². The van der Waals surface area contributed by atoms with E-state index in [1.165, 1.54) is 22.3 Å². The molecule has 0 aromatic heterocycles. The molecule has 0 spiro atoms. The number of halogens is 3. The Labute approximate surface area is 240 Å². The van der Waals surface area contributed by atoms with Crippen molar-refractivity contribution in [3.63, 3.8) is 0 Å². The topological polar surface area (TPSA) is 69.6 Å². The van der Waals surface area contributed by atoms with Crippen molar-refractivity contribution in [2.24, 2.45) is 0 Å². The van der Waals surface area contributed by atoms with Gasteiger partial charge in [0.05, 0.1) is 0 Å². The Balaban J connectivity index is 0.000000587. The molecule has 5 nitrogen and oxygen atoms in total. The summed E-state index contributed by atoms with van der Waals surface area (Å²) >= 11 is 0. The molecule has 0 saturated heterocycles. The highest BCUT2D eigenvalue weighted by atomic mass is 19.4. The van der Waals surface area contributed by atoms with E-state index in [2.05, 4.69) is 120 Å². The third kappa shape index (κ3) is 7.29. The lowest BCUT2D eigenvalue weighted by Gasteiger charge is -2.51. The molecule has 1 amide bonds. The molecule has 1 aliphatic rings. The van der Waals surface area contributed by atoms with Crippen molar-refractivity contribution < 1.29 is 27.9 Å². The largest absolute Gasteiger partial charge is 0.490 e. The van der Waals surface area contributed by atoms with Gasteiger partial charge >= 0.3 is 12.1 Å². The van der Waals surface area contributed by atoms with Crippen LogP contribution < -0.4 is 10.2 Å². The van der Waals surface area contributed by atoms with E-state index in [-0.39, 0.29) is 22.3 Å². The molecular formula is C33H39F3N2O3. The number of carboxylic acids is 1. The summed E-state index contributed by atoms with van der Waals surface area (Å²) in [5, 5.41) is 10.7. The molecule has 1 aliphatic heterocycles. The number of carboxylic acid groups (broad SMARTS) is 1. The Hall–Kier alpha value is -3.81. The Bertz CT molecular complexity index is 1380. The van der Waals surface area contributed by atoms with Gasteiger partial charge in [0.2, 0.25) is 5.91 Å². The van der Waals surface area contributed by atoms with Crippen LogP contribution in [0, 0.1) is 0 Å². The third-order valence-corrected chi connectivity index (χ3v) is 7.51. The lowest BCUT2D eigenvalue weighted by Crippen LogP contribution is -2.55. The molecule has 220 valence electrons. The first-order valence-corrected chi connectivity index (χ1v) is 13.5. The molecule has 0 aliphatic carbocycles. The zero-order valence-corrected chi connectivity index (χ0v) is 24.7. The summed E-state index contributed by atoms with van der Waals surface area (Å²) in [6, 6.07) is 26.0. The number of fused-ring (bicyclic) bond motifs is 1. The van der Waals surface area contributed by atoms with E-state index < -0.39 is 12.1 Å². The Morgan fingerprint density at radius 2 is 1.49 bits per heavy atom. The number of alkyl halides is 3. The van der Waals surface area contributed by atoms with Crippen LogP contribution in [-0.2, 0) is 27.0 Å². The Kier molecular flexibility index (Phi) is 8.96. The second-order valence-corrected chi connectivity index (χ2v) is 12.4. The minimum Gasteiger partial charge on any atom is -0.475 e. The number of benzene rings is 3. The van der Waals surface area contributed by atoms with Crippen molar-refractivity contribution in [3.8, 4) is 0 Å². The zero-order chi connectivity index (χ0) is 30.8. The highest BCUT2D eigenvalue weighted by Crippen LogP contribution is 2.51. The lowest BCUT2D eigenvalue weighted by molar-refractivity contribution is -0.192. The molecule has 0 saturated carbocycles. The maximum Gasteiger partial charge on any atom is 0.490 e. The van der Waals surface area contributed by atoms with E-state index in [1.807, 2.05) is 4.90 Å². The Morgan fingerprint density at radius 1 is 0.927 bits per heavy atom. The quantitative estimate of drug-likeness (QED) is 0.334. The summed E-state index contributed by atoms with van der Waals surface area (Å²) in [5.41, 5.74) is 6.83. The molecule has 41 heavy (non-hydrogen) atoms. The molecule has 1 heterocycles. The molecule has 0 radical (unpaired) electrons. The summed E-state index contributed by atoms with van der Waals surface area (Å²) in [6.07, 6.45) is -4.23. The molecule has 1 atom stereocenters. The third-order valence-electron chi connectivity index (χ3n) is 7.51. The molecule has 2 N–H and O–H groups in total. The second kappa shape index (κ2) is 11.6. The van der Waals surface area contributed by atoms with E-state index in [0.29, 0.717) is 0 Å². The SMILES string of the molecule is CC(=O)N1c2ccc(NCc3ccc(C(C)(C)C)cc3)cc2C(C)(c2ccccc2)CC1(C)C.O=C(O)C(F)(F)F. The number of nitrogens with one attached hydrogen (secondary N) is 1. The van der Waals surface area contributed by atoms with Gasteiger partial charge in [-0.25, -0.2) is 4.79 Å². The monoisotopic (exact) mass is 568 g/mol. The number of nitrogens with zero attached hydrogens (tertiary/aromatic N) is 1. The van der Waals surface area contributed by atoms with Gasteiger partial charge in [0, 0.05) is 35.8 Å². The summed E-state index contributed by atoms with van der Waals surface area (Å²) in [6.45, 7) is 15.8. The van der Waals surface area contributed by atoms with Crippen LogP contribution in [0.2, 0.25) is 0 Å².